The second kappa shape index (κ2) is 7.14. The Bertz CT molecular complexity index is 1320. The van der Waals surface area contributed by atoms with E-state index in [-0.39, 0.29) is 0 Å². The van der Waals surface area contributed by atoms with Gasteiger partial charge in [-0.2, -0.15) is 0 Å². The van der Waals surface area contributed by atoms with Gasteiger partial charge in [0, 0.05) is 16.5 Å². The fourth-order valence-electron chi connectivity index (χ4n) is 3.95. The lowest BCUT2D eigenvalue weighted by atomic mass is 9.94. The van der Waals surface area contributed by atoms with Gasteiger partial charge in [0.1, 0.15) is 0 Å². The van der Waals surface area contributed by atoms with Gasteiger partial charge in [0.2, 0.25) is 0 Å². The highest BCUT2D eigenvalue weighted by atomic mass is 14.9. The molecule has 0 aliphatic carbocycles. The van der Waals surface area contributed by atoms with Crippen LogP contribution in [0.2, 0.25) is 0 Å². The lowest BCUT2D eigenvalue weighted by Gasteiger charge is -2.15. The van der Waals surface area contributed by atoms with Crippen LogP contribution in [0, 0.1) is 0 Å². The van der Waals surface area contributed by atoms with Crippen LogP contribution in [-0.2, 0) is 0 Å². The van der Waals surface area contributed by atoms with E-state index in [4.69, 9.17) is 9.97 Å². The fourth-order valence-corrected chi connectivity index (χ4v) is 3.95. The summed E-state index contributed by atoms with van der Waals surface area (Å²) in [5.41, 5.74) is 5.44. The van der Waals surface area contributed by atoms with Crippen LogP contribution >= 0.6 is 0 Å². The zero-order valence-corrected chi connectivity index (χ0v) is 16.6. The van der Waals surface area contributed by atoms with E-state index in [1.807, 2.05) is 6.07 Å². The first-order chi connectivity index (χ1) is 14.2. The van der Waals surface area contributed by atoms with E-state index in [1.54, 1.807) is 0 Å². The van der Waals surface area contributed by atoms with Crippen molar-refractivity contribution in [3.63, 3.8) is 0 Å². The van der Waals surface area contributed by atoms with Crippen LogP contribution in [0.4, 0.5) is 0 Å². The molecule has 0 atom stereocenters. The van der Waals surface area contributed by atoms with Gasteiger partial charge in [-0.3, -0.25) is 0 Å². The minimum Gasteiger partial charge on any atom is -0.228 e. The molecule has 1 aromatic heterocycles. The van der Waals surface area contributed by atoms with Gasteiger partial charge in [0.25, 0.3) is 0 Å². The van der Waals surface area contributed by atoms with Gasteiger partial charge < -0.3 is 0 Å². The third-order valence-electron chi connectivity index (χ3n) is 5.43. The Morgan fingerprint density at radius 3 is 2.17 bits per heavy atom. The monoisotopic (exact) mass is 374 g/mol. The molecule has 2 nitrogen and oxygen atoms in total. The molecule has 0 aliphatic rings. The second-order valence-corrected chi connectivity index (χ2v) is 7.72. The van der Waals surface area contributed by atoms with Crippen molar-refractivity contribution in [2.24, 2.45) is 0 Å². The van der Waals surface area contributed by atoms with Crippen molar-refractivity contribution in [3.8, 4) is 22.6 Å². The van der Waals surface area contributed by atoms with Crippen molar-refractivity contribution in [2.45, 2.75) is 19.8 Å². The van der Waals surface area contributed by atoms with Gasteiger partial charge in [-0.1, -0.05) is 92.7 Å². The normalized spacial score (nSPS) is 11.4. The van der Waals surface area contributed by atoms with Gasteiger partial charge in [0.15, 0.2) is 5.82 Å². The van der Waals surface area contributed by atoms with Crippen molar-refractivity contribution < 1.29 is 0 Å². The van der Waals surface area contributed by atoms with Crippen LogP contribution in [-0.4, -0.2) is 9.97 Å². The van der Waals surface area contributed by atoms with E-state index in [1.165, 1.54) is 16.3 Å². The maximum absolute atomic E-state index is 5.08. The fraction of sp³-hybridized carbons (Fsp3) is 0.111. The number of rotatable bonds is 3. The number of fused-ring (bicyclic) bond motifs is 2. The van der Waals surface area contributed by atoms with Crippen LogP contribution in [0.15, 0.2) is 91.0 Å². The predicted molar refractivity (Wildman–Crippen MR) is 122 cm³/mol. The molecule has 0 saturated heterocycles. The molecule has 0 N–H and O–H groups in total. The zero-order chi connectivity index (χ0) is 19.8. The molecule has 29 heavy (non-hydrogen) atoms. The third kappa shape index (κ3) is 3.17. The summed E-state index contributed by atoms with van der Waals surface area (Å²) in [7, 11) is 0. The number of benzene rings is 4. The van der Waals surface area contributed by atoms with E-state index in [9.17, 15) is 0 Å². The van der Waals surface area contributed by atoms with Gasteiger partial charge in [0.05, 0.1) is 11.2 Å². The van der Waals surface area contributed by atoms with E-state index < -0.39 is 0 Å². The molecular formula is C27H22N2. The molecule has 0 saturated carbocycles. The molecule has 1 heterocycles. The summed E-state index contributed by atoms with van der Waals surface area (Å²) >= 11 is 0. The maximum atomic E-state index is 5.08. The average Bonchev–Trinajstić information content (AvgIpc) is 2.78. The van der Waals surface area contributed by atoms with Crippen LogP contribution in [0.25, 0.3) is 44.3 Å². The Hall–Kier alpha value is -3.52. The minimum atomic E-state index is 0.399. The quantitative estimate of drug-likeness (QED) is 0.332. The van der Waals surface area contributed by atoms with Crippen LogP contribution in [0.3, 0.4) is 0 Å². The third-order valence-corrected chi connectivity index (χ3v) is 5.43. The molecule has 0 fully saturated rings. The Morgan fingerprint density at radius 2 is 1.38 bits per heavy atom. The van der Waals surface area contributed by atoms with Gasteiger partial charge in [-0.15, -0.1) is 0 Å². The highest BCUT2D eigenvalue weighted by molar-refractivity contribution is 5.97. The predicted octanol–water partition coefficient (Wildman–Crippen LogP) is 7.24. The summed E-state index contributed by atoms with van der Waals surface area (Å²) in [6.45, 7) is 4.45. The van der Waals surface area contributed by atoms with Gasteiger partial charge >= 0.3 is 0 Å². The van der Waals surface area contributed by atoms with Crippen molar-refractivity contribution in [2.75, 3.05) is 0 Å². The summed E-state index contributed by atoms with van der Waals surface area (Å²) in [6, 6.07) is 31.7. The van der Waals surface area contributed by atoms with Gasteiger partial charge in [-0.25, -0.2) is 9.97 Å². The number of aromatic nitrogens is 2. The van der Waals surface area contributed by atoms with Gasteiger partial charge in [-0.05, 0) is 34.4 Å². The summed E-state index contributed by atoms with van der Waals surface area (Å²) in [5.74, 6) is 1.17. The molecule has 5 aromatic rings. The second-order valence-electron chi connectivity index (χ2n) is 7.72. The smallest absolute Gasteiger partial charge is 0.160 e. The summed E-state index contributed by atoms with van der Waals surface area (Å²) in [5, 5.41) is 3.58. The van der Waals surface area contributed by atoms with Crippen LogP contribution < -0.4 is 0 Å². The molecule has 0 aliphatic heterocycles. The largest absolute Gasteiger partial charge is 0.228 e. The van der Waals surface area contributed by atoms with E-state index >= 15 is 0 Å². The summed E-state index contributed by atoms with van der Waals surface area (Å²) < 4.78 is 0. The molecule has 2 heteroatoms. The van der Waals surface area contributed by atoms with Crippen molar-refractivity contribution in [3.05, 3.63) is 96.6 Å². The average molecular weight is 374 g/mol. The molecule has 0 spiro atoms. The molecule has 140 valence electrons. The Morgan fingerprint density at radius 1 is 0.621 bits per heavy atom. The number of nitrogens with zero attached hydrogens (tertiary/aromatic N) is 2. The van der Waals surface area contributed by atoms with Crippen molar-refractivity contribution in [1.29, 1.82) is 0 Å². The van der Waals surface area contributed by atoms with E-state index in [0.717, 1.165) is 33.5 Å². The number of hydrogen-bond acceptors (Lipinski definition) is 2. The summed E-state index contributed by atoms with van der Waals surface area (Å²) in [6.07, 6.45) is 0. The van der Waals surface area contributed by atoms with Crippen molar-refractivity contribution in [1.82, 2.24) is 9.97 Å². The molecule has 0 bridgehead atoms. The van der Waals surface area contributed by atoms with E-state index in [0.29, 0.717) is 5.92 Å². The first-order valence-corrected chi connectivity index (χ1v) is 10.1. The molecule has 0 amide bonds. The zero-order valence-electron chi connectivity index (χ0n) is 16.6. The van der Waals surface area contributed by atoms with Crippen molar-refractivity contribution >= 4 is 21.7 Å². The number of hydrogen-bond donors (Lipinski definition) is 0. The molecule has 0 radical (unpaired) electrons. The van der Waals surface area contributed by atoms with Crippen LogP contribution in [0.1, 0.15) is 25.3 Å². The van der Waals surface area contributed by atoms with Crippen LogP contribution in [0.5, 0.6) is 0 Å². The molecule has 0 unspecified atom stereocenters. The van der Waals surface area contributed by atoms with E-state index in [2.05, 4.69) is 98.8 Å². The molecule has 4 aromatic carbocycles. The first kappa shape index (κ1) is 17.6. The Balaban J connectivity index is 1.81. The minimum absolute atomic E-state index is 0.399. The Labute approximate surface area is 170 Å². The standard InChI is InChI=1S/C27H22N2/c1-18(2)23-13-8-14-24-25(23)26(20-10-4-3-5-11-20)29-27(28-24)22-16-15-19-9-6-7-12-21(19)17-22/h3-18H,1-2H3. The topological polar surface area (TPSA) is 25.8 Å². The highest BCUT2D eigenvalue weighted by Crippen LogP contribution is 2.34. The molecular weight excluding hydrogens is 352 g/mol. The maximum Gasteiger partial charge on any atom is 0.160 e. The lowest BCUT2D eigenvalue weighted by molar-refractivity contribution is 0.875. The first-order valence-electron chi connectivity index (χ1n) is 10.1. The SMILES string of the molecule is CC(C)c1cccc2nc(-c3ccc4ccccc4c3)nc(-c3ccccc3)c12. The highest BCUT2D eigenvalue weighted by Gasteiger charge is 2.16. The molecule has 5 rings (SSSR count). The summed E-state index contributed by atoms with van der Waals surface area (Å²) in [4.78, 5) is 10.1. The lowest BCUT2D eigenvalue weighted by Crippen LogP contribution is -1.99. The Kier molecular flexibility index (Phi) is 4.33.